The first-order valence-corrected chi connectivity index (χ1v) is 7.16. The molecule has 0 aliphatic rings. The summed E-state index contributed by atoms with van der Waals surface area (Å²) in [4.78, 5) is 0. The first kappa shape index (κ1) is 15.9. The van der Waals surface area contributed by atoms with Crippen LogP contribution in [0.4, 0.5) is 13.2 Å². The van der Waals surface area contributed by atoms with Gasteiger partial charge in [-0.05, 0) is 54.8 Å². The molecule has 3 rings (SSSR count). The smallest absolute Gasteiger partial charge is 0.406 e. The van der Waals surface area contributed by atoms with Crippen LogP contribution in [0.5, 0.6) is 5.75 Å². The topological polar surface area (TPSA) is 27.1 Å². The molecule has 122 valence electrons. The summed E-state index contributed by atoms with van der Waals surface area (Å²) in [6.45, 7) is 3.73. The molecule has 0 amide bonds. The van der Waals surface area contributed by atoms with E-state index in [1.165, 1.54) is 18.2 Å². The second-order valence-corrected chi connectivity index (χ2v) is 5.31. The summed E-state index contributed by atoms with van der Waals surface area (Å²) in [6, 6.07) is 14.3. The second-order valence-electron chi connectivity index (χ2n) is 5.31. The number of aromatic nitrogens is 2. The summed E-state index contributed by atoms with van der Waals surface area (Å²) >= 11 is 0. The van der Waals surface area contributed by atoms with E-state index < -0.39 is 6.36 Å². The van der Waals surface area contributed by atoms with Crippen LogP contribution in [0, 0.1) is 26.1 Å². The lowest BCUT2D eigenvalue weighted by Gasteiger charge is -2.11. The van der Waals surface area contributed by atoms with Crippen LogP contribution in [-0.2, 0) is 0 Å². The monoisotopic (exact) mass is 330 g/mol. The Morgan fingerprint density at radius 2 is 1.79 bits per heavy atom. The fourth-order valence-corrected chi connectivity index (χ4v) is 2.34. The highest BCUT2D eigenvalue weighted by molar-refractivity contribution is 5.68. The molecule has 1 aromatic heterocycles. The molecule has 3 nitrogen and oxygen atoms in total. The van der Waals surface area contributed by atoms with E-state index in [1.54, 1.807) is 10.7 Å². The molecule has 3 aromatic rings. The van der Waals surface area contributed by atoms with Crippen molar-refractivity contribution in [1.29, 1.82) is 0 Å². The number of hydrogen-bond donors (Lipinski definition) is 0. The summed E-state index contributed by atoms with van der Waals surface area (Å²) in [5.74, 6) is -0.253. The molecule has 0 aliphatic carbocycles. The number of aryl methyl sites for hydroxylation is 2. The number of ether oxygens (including phenoxy) is 1. The lowest BCUT2D eigenvalue weighted by Crippen LogP contribution is -2.17. The molecule has 0 N–H and O–H groups in total. The van der Waals surface area contributed by atoms with Gasteiger partial charge in [0, 0.05) is 6.20 Å². The quantitative estimate of drug-likeness (QED) is 0.699. The van der Waals surface area contributed by atoms with Crippen LogP contribution in [0.15, 0.2) is 42.5 Å². The summed E-state index contributed by atoms with van der Waals surface area (Å²) in [5, 5.41) is 4.27. The number of alkyl halides is 3. The Morgan fingerprint density at radius 1 is 1.04 bits per heavy atom. The average Bonchev–Trinajstić information content (AvgIpc) is 2.92. The van der Waals surface area contributed by atoms with E-state index in [2.05, 4.69) is 22.1 Å². The molecule has 1 heterocycles. The van der Waals surface area contributed by atoms with Gasteiger partial charge in [-0.3, -0.25) is 0 Å². The maximum Gasteiger partial charge on any atom is 0.573 e. The van der Waals surface area contributed by atoms with Crippen molar-refractivity contribution in [2.75, 3.05) is 0 Å². The number of hydrogen-bond acceptors (Lipinski definition) is 2. The van der Waals surface area contributed by atoms with Gasteiger partial charge in [0.25, 0.3) is 0 Å². The van der Waals surface area contributed by atoms with Crippen molar-refractivity contribution in [2.24, 2.45) is 0 Å². The molecule has 0 saturated carbocycles. The minimum Gasteiger partial charge on any atom is -0.406 e. The van der Waals surface area contributed by atoms with Gasteiger partial charge in [-0.1, -0.05) is 24.3 Å². The predicted octanol–water partition coefficient (Wildman–Crippen LogP) is 4.66. The third-order valence-corrected chi connectivity index (χ3v) is 3.43. The van der Waals surface area contributed by atoms with Gasteiger partial charge in [0.15, 0.2) is 0 Å². The number of nitrogens with zero attached hydrogens (tertiary/aromatic N) is 2. The molecular formula is C18H13F3N2O. The molecule has 0 spiro atoms. The molecular weight excluding hydrogens is 317 g/mol. The zero-order valence-electron chi connectivity index (χ0n) is 13.0. The fraction of sp³-hybridized carbons (Fsp3) is 0.167. The Balaban J connectivity index is 2.00. The van der Waals surface area contributed by atoms with Crippen molar-refractivity contribution in [1.82, 2.24) is 9.78 Å². The van der Waals surface area contributed by atoms with Gasteiger partial charge in [-0.25, -0.2) is 0 Å². The maximum absolute atomic E-state index is 12.4. The highest BCUT2D eigenvalue weighted by Crippen LogP contribution is 2.29. The van der Waals surface area contributed by atoms with Crippen LogP contribution in [0.3, 0.4) is 0 Å². The van der Waals surface area contributed by atoms with E-state index in [0.29, 0.717) is 11.3 Å². The SMILES string of the molecule is Cc1c#cn(-c2cc(-c3cccc(OC(F)(F)F)c3)ccc2C)n1. The third-order valence-electron chi connectivity index (χ3n) is 3.43. The summed E-state index contributed by atoms with van der Waals surface area (Å²) < 4.78 is 42.7. The second kappa shape index (κ2) is 5.93. The number of benzene rings is 2. The van der Waals surface area contributed by atoms with E-state index in [0.717, 1.165) is 16.8 Å². The summed E-state index contributed by atoms with van der Waals surface area (Å²) in [6.07, 6.45) is -1.82. The van der Waals surface area contributed by atoms with Gasteiger partial charge >= 0.3 is 6.36 Å². The van der Waals surface area contributed by atoms with Gasteiger partial charge in [-0.15, -0.1) is 13.2 Å². The number of halogens is 3. The van der Waals surface area contributed by atoms with Gasteiger partial charge in [0.1, 0.15) is 11.4 Å². The van der Waals surface area contributed by atoms with E-state index >= 15 is 0 Å². The first-order valence-electron chi connectivity index (χ1n) is 7.16. The van der Waals surface area contributed by atoms with Gasteiger partial charge in [0.05, 0.1) is 5.69 Å². The minimum atomic E-state index is -4.71. The van der Waals surface area contributed by atoms with E-state index in [4.69, 9.17) is 0 Å². The lowest BCUT2D eigenvalue weighted by atomic mass is 10.0. The standard InChI is InChI=1S/C18H13F3N2O/c1-12-6-7-15(11-17(12)23-9-8-13(2)22-23)14-4-3-5-16(10-14)24-18(19,20)21/h3-7,10-11H,1-2H3. The maximum atomic E-state index is 12.4. The predicted molar refractivity (Wildman–Crippen MR) is 82.8 cm³/mol. The fourth-order valence-electron chi connectivity index (χ4n) is 2.34. The van der Waals surface area contributed by atoms with E-state index in [9.17, 15) is 13.2 Å². The molecule has 6 heteroatoms. The van der Waals surface area contributed by atoms with E-state index in [-0.39, 0.29) is 5.75 Å². The highest BCUT2D eigenvalue weighted by atomic mass is 19.4. The molecule has 2 aromatic carbocycles. The zero-order chi connectivity index (χ0) is 17.3. The van der Waals surface area contributed by atoms with E-state index in [1.807, 2.05) is 32.0 Å². The third kappa shape index (κ3) is 3.51. The molecule has 0 atom stereocenters. The van der Waals surface area contributed by atoms with Crippen LogP contribution >= 0.6 is 0 Å². The largest absolute Gasteiger partial charge is 0.573 e. The Morgan fingerprint density at radius 3 is 2.46 bits per heavy atom. The molecule has 0 fully saturated rings. The highest BCUT2D eigenvalue weighted by Gasteiger charge is 2.31. The Labute approximate surface area is 137 Å². The minimum absolute atomic E-state index is 0.253. The molecule has 0 unspecified atom stereocenters. The molecule has 0 radical (unpaired) electrons. The van der Waals surface area contributed by atoms with Crippen molar-refractivity contribution >= 4 is 0 Å². The van der Waals surface area contributed by atoms with Crippen LogP contribution in [0.1, 0.15) is 11.3 Å². The lowest BCUT2D eigenvalue weighted by molar-refractivity contribution is -0.274. The Bertz CT molecular complexity index is 869. The van der Waals surface area contributed by atoms with Crippen molar-refractivity contribution in [2.45, 2.75) is 20.2 Å². The molecule has 0 aliphatic heterocycles. The van der Waals surface area contributed by atoms with Crippen LogP contribution in [0.2, 0.25) is 0 Å². The van der Waals surface area contributed by atoms with Gasteiger partial charge < -0.3 is 4.74 Å². The Kier molecular flexibility index (Phi) is 3.94. The zero-order valence-corrected chi connectivity index (χ0v) is 13.0. The first-order chi connectivity index (χ1) is 11.3. The molecule has 0 bridgehead atoms. The van der Waals surface area contributed by atoms with Crippen LogP contribution < -0.4 is 4.74 Å². The normalized spacial score (nSPS) is 11.2. The summed E-state index contributed by atoms with van der Waals surface area (Å²) in [7, 11) is 0. The van der Waals surface area contributed by atoms with Gasteiger partial charge in [-0.2, -0.15) is 9.78 Å². The average molecular weight is 330 g/mol. The molecule has 0 saturated heterocycles. The van der Waals surface area contributed by atoms with Crippen molar-refractivity contribution in [3.63, 3.8) is 0 Å². The summed E-state index contributed by atoms with van der Waals surface area (Å²) in [5.41, 5.74) is 3.84. The van der Waals surface area contributed by atoms with Crippen molar-refractivity contribution in [3.8, 4) is 22.6 Å². The van der Waals surface area contributed by atoms with Crippen molar-refractivity contribution < 1.29 is 17.9 Å². The van der Waals surface area contributed by atoms with Crippen LogP contribution in [0.25, 0.3) is 16.8 Å². The Hall–Kier alpha value is -2.94. The van der Waals surface area contributed by atoms with Crippen molar-refractivity contribution in [3.05, 3.63) is 66.0 Å². The molecule has 24 heavy (non-hydrogen) atoms. The number of rotatable bonds is 3. The van der Waals surface area contributed by atoms with Gasteiger partial charge in [0.2, 0.25) is 0 Å². The van der Waals surface area contributed by atoms with Crippen LogP contribution in [-0.4, -0.2) is 16.1 Å².